The van der Waals surface area contributed by atoms with Gasteiger partial charge in [-0.2, -0.15) is 0 Å². The number of hydrogen-bond donors (Lipinski definition) is 0. The van der Waals surface area contributed by atoms with Gasteiger partial charge in [0, 0.05) is 0 Å². The maximum absolute atomic E-state index is 2.52. The molecule has 2 rings (SSSR count). The van der Waals surface area contributed by atoms with Crippen LogP contribution in [0, 0.1) is 29.6 Å². The van der Waals surface area contributed by atoms with E-state index in [-0.39, 0.29) is 0 Å². The summed E-state index contributed by atoms with van der Waals surface area (Å²) in [5, 5.41) is 0. The second-order valence-corrected chi connectivity index (χ2v) is 7.10. The van der Waals surface area contributed by atoms with Crippen LogP contribution >= 0.6 is 0 Å². The molecule has 0 nitrogen and oxygen atoms in total. The van der Waals surface area contributed by atoms with Crippen LogP contribution in [0.5, 0.6) is 0 Å². The minimum absolute atomic E-state index is 0.995. The van der Waals surface area contributed by atoms with Gasteiger partial charge in [0.05, 0.1) is 0 Å². The predicted octanol–water partition coefficient (Wildman–Crippen LogP) is 5.67. The van der Waals surface area contributed by atoms with E-state index >= 15 is 0 Å². The molecule has 0 aromatic heterocycles. The summed E-state index contributed by atoms with van der Waals surface area (Å²) in [6.07, 6.45) is 13.6. The largest absolute Gasteiger partial charge is 0.0651 e. The van der Waals surface area contributed by atoms with Gasteiger partial charge < -0.3 is 0 Å². The molecule has 2 aliphatic carbocycles. The van der Waals surface area contributed by atoms with Gasteiger partial charge in [-0.1, -0.05) is 59.3 Å². The quantitative estimate of drug-likeness (QED) is 0.592. The first-order valence-electron chi connectivity index (χ1n) is 8.20. The van der Waals surface area contributed by atoms with Gasteiger partial charge in [0.1, 0.15) is 0 Å². The van der Waals surface area contributed by atoms with Gasteiger partial charge in [0.25, 0.3) is 0 Å². The molecule has 0 bridgehead atoms. The molecule has 0 spiro atoms. The average Bonchev–Trinajstić information content (AvgIpc) is 2.33. The lowest BCUT2D eigenvalue weighted by Crippen LogP contribution is -2.27. The molecule has 2 saturated carbocycles. The smallest absolute Gasteiger partial charge is 0.0383 e. The molecule has 0 aromatic rings. The van der Waals surface area contributed by atoms with E-state index in [1.54, 1.807) is 6.42 Å². The van der Waals surface area contributed by atoms with Crippen molar-refractivity contribution in [2.24, 2.45) is 29.6 Å². The van der Waals surface area contributed by atoms with Crippen LogP contribution in [0.3, 0.4) is 0 Å². The van der Waals surface area contributed by atoms with Crippen molar-refractivity contribution in [3.63, 3.8) is 0 Å². The summed E-state index contributed by atoms with van der Waals surface area (Å²) in [7, 11) is 0. The fourth-order valence-corrected chi connectivity index (χ4v) is 4.60. The monoisotopic (exact) mass is 236 g/mol. The van der Waals surface area contributed by atoms with Crippen molar-refractivity contribution in [1.82, 2.24) is 0 Å². The Labute approximate surface area is 109 Å². The molecule has 0 heterocycles. The first-order chi connectivity index (χ1) is 8.20. The van der Waals surface area contributed by atoms with Crippen LogP contribution in [0.4, 0.5) is 0 Å². The molecule has 17 heavy (non-hydrogen) atoms. The normalized spacial score (nSPS) is 43.6. The minimum Gasteiger partial charge on any atom is -0.0651 e. The summed E-state index contributed by atoms with van der Waals surface area (Å²) >= 11 is 0. The first-order valence-corrected chi connectivity index (χ1v) is 8.20. The van der Waals surface area contributed by atoms with Gasteiger partial charge >= 0.3 is 0 Å². The van der Waals surface area contributed by atoms with Crippen LogP contribution in [-0.4, -0.2) is 0 Å². The lowest BCUT2D eigenvalue weighted by Gasteiger charge is -2.38. The van der Waals surface area contributed by atoms with Crippen molar-refractivity contribution in [1.29, 1.82) is 0 Å². The van der Waals surface area contributed by atoms with Gasteiger partial charge in [0.15, 0.2) is 0 Å². The lowest BCUT2D eigenvalue weighted by atomic mass is 9.67. The number of hydrogen-bond acceptors (Lipinski definition) is 0. The van der Waals surface area contributed by atoms with Crippen molar-refractivity contribution < 1.29 is 0 Å². The molecule has 100 valence electrons. The molecule has 5 atom stereocenters. The van der Waals surface area contributed by atoms with Gasteiger partial charge in [0.2, 0.25) is 0 Å². The second kappa shape index (κ2) is 6.25. The molecular weight excluding hydrogens is 204 g/mol. The zero-order valence-electron chi connectivity index (χ0n) is 12.3. The first kappa shape index (κ1) is 13.4. The van der Waals surface area contributed by atoms with E-state index in [9.17, 15) is 0 Å². The van der Waals surface area contributed by atoms with Crippen molar-refractivity contribution in [3.8, 4) is 0 Å². The molecule has 2 aliphatic rings. The topological polar surface area (TPSA) is 0 Å². The third kappa shape index (κ3) is 3.48. The zero-order valence-corrected chi connectivity index (χ0v) is 12.3. The van der Waals surface area contributed by atoms with Gasteiger partial charge in [-0.05, 0) is 48.9 Å². The summed E-state index contributed by atoms with van der Waals surface area (Å²) in [6.45, 7) is 7.38. The van der Waals surface area contributed by atoms with E-state index in [0.29, 0.717) is 0 Å². The average molecular weight is 236 g/mol. The van der Waals surface area contributed by atoms with Crippen LogP contribution in [-0.2, 0) is 0 Å². The van der Waals surface area contributed by atoms with Crippen molar-refractivity contribution in [2.45, 2.75) is 78.6 Å². The molecule has 2 fully saturated rings. The predicted molar refractivity (Wildman–Crippen MR) is 76.0 cm³/mol. The zero-order chi connectivity index (χ0) is 12.3. The second-order valence-electron chi connectivity index (χ2n) is 7.10. The van der Waals surface area contributed by atoms with Crippen LogP contribution in [0.2, 0.25) is 0 Å². The molecule has 0 aliphatic heterocycles. The summed E-state index contributed by atoms with van der Waals surface area (Å²) < 4.78 is 0. The van der Waals surface area contributed by atoms with Crippen molar-refractivity contribution in [3.05, 3.63) is 0 Å². The summed E-state index contributed by atoms with van der Waals surface area (Å²) in [6, 6.07) is 0. The Kier molecular flexibility index (Phi) is 4.94. The van der Waals surface area contributed by atoms with Crippen molar-refractivity contribution >= 4 is 0 Å². The van der Waals surface area contributed by atoms with Crippen LogP contribution < -0.4 is 0 Å². The van der Waals surface area contributed by atoms with Crippen LogP contribution in [0.1, 0.15) is 78.6 Å². The van der Waals surface area contributed by atoms with E-state index < -0.39 is 0 Å². The highest BCUT2D eigenvalue weighted by Gasteiger charge is 2.31. The molecule has 0 N–H and O–H groups in total. The summed E-state index contributed by atoms with van der Waals surface area (Å²) in [5.41, 5.74) is 0. The lowest BCUT2D eigenvalue weighted by molar-refractivity contribution is 0.126. The van der Waals surface area contributed by atoms with E-state index in [0.717, 1.165) is 29.6 Å². The van der Waals surface area contributed by atoms with Gasteiger partial charge in [-0.15, -0.1) is 0 Å². The van der Waals surface area contributed by atoms with Crippen LogP contribution in [0.15, 0.2) is 0 Å². The third-order valence-corrected chi connectivity index (χ3v) is 5.81. The summed E-state index contributed by atoms with van der Waals surface area (Å²) in [5.74, 6) is 5.20. The number of rotatable bonds is 3. The molecule has 0 amide bonds. The van der Waals surface area contributed by atoms with E-state index in [2.05, 4.69) is 20.8 Å². The Morgan fingerprint density at radius 2 is 1.53 bits per heavy atom. The Bertz CT molecular complexity index is 220. The van der Waals surface area contributed by atoms with Crippen LogP contribution in [0.25, 0.3) is 0 Å². The van der Waals surface area contributed by atoms with E-state index in [1.165, 1.54) is 51.4 Å². The Balaban J connectivity index is 1.86. The van der Waals surface area contributed by atoms with Gasteiger partial charge in [-0.3, -0.25) is 0 Å². The Morgan fingerprint density at radius 3 is 2.18 bits per heavy atom. The third-order valence-electron chi connectivity index (χ3n) is 5.81. The fourth-order valence-electron chi connectivity index (χ4n) is 4.60. The Morgan fingerprint density at radius 1 is 0.824 bits per heavy atom. The highest BCUT2D eigenvalue weighted by Crippen LogP contribution is 2.42. The fraction of sp³-hybridized carbons (Fsp3) is 1.00. The van der Waals surface area contributed by atoms with E-state index in [1.807, 2.05) is 0 Å². The Hall–Kier alpha value is 0. The SMILES string of the molecule is CCC1CCCCC1CC1CCC(C)CC1C. The standard InChI is InChI=1S/C17H32/c1-4-15-7-5-6-8-17(15)12-16-10-9-13(2)11-14(16)3/h13-17H,4-12H2,1-3H3. The highest BCUT2D eigenvalue weighted by molar-refractivity contribution is 4.82. The highest BCUT2D eigenvalue weighted by atomic mass is 14.4. The van der Waals surface area contributed by atoms with E-state index in [4.69, 9.17) is 0 Å². The molecule has 5 unspecified atom stereocenters. The molecular formula is C17H32. The summed E-state index contributed by atoms with van der Waals surface area (Å²) in [4.78, 5) is 0. The maximum Gasteiger partial charge on any atom is -0.0383 e. The maximum atomic E-state index is 2.52. The molecule has 0 aromatic carbocycles. The minimum atomic E-state index is 0.995. The molecule has 0 saturated heterocycles. The van der Waals surface area contributed by atoms with Gasteiger partial charge in [-0.25, -0.2) is 0 Å². The van der Waals surface area contributed by atoms with Crippen molar-refractivity contribution in [2.75, 3.05) is 0 Å². The molecule has 0 radical (unpaired) electrons. The molecule has 0 heteroatoms.